The molecule has 104 valence electrons. The summed E-state index contributed by atoms with van der Waals surface area (Å²) >= 11 is 0. The highest BCUT2D eigenvalue weighted by molar-refractivity contribution is 5.33. The Morgan fingerprint density at radius 1 is 1.21 bits per heavy atom. The molecule has 0 aromatic heterocycles. The van der Waals surface area contributed by atoms with Crippen molar-refractivity contribution >= 4 is 0 Å². The van der Waals surface area contributed by atoms with Gasteiger partial charge in [-0.3, -0.25) is 4.90 Å². The van der Waals surface area contributed by atoms with Crippen molar-refractivity contribution in [1.29, 1.82) is 0 Å². The van der Waals surface area contributed by atoms with Gasteiger partial charge in [0.2, 0.25) is 0 Å². The van der Waals surface area contributed by atoms with Crippen LogP contribution in [-0.4, -0.2) is 30.6 Å². The van der Waals surface area contributed by atoms with E-state index in [2.05, 4.69) is 42.3 Å². The first-order valence-corrected chi connectivity index (χ1v) is 7.75. The van der Waals surface area contributed by atoms with Crippen LogP contribution in [0.3, 0.4) is 0 Å². The van der Waals surface area contributed by atoms with Crippen LogP contribution in [-0.2, 0) is 6.54 Å². The van der Waals surface area contributed by atoms with Crippen molar-refractivity contribution in [2.75, 3.05) is 19.6 Å². The Kier molecular flexibility index (Phi) is 3.90. The second-order valence-corrected chi connectivity index (χ2v) is 6.36. The number of fused-ring (bicyclic) bond motifs is 1. The maximum Gasteiger partial charge on any atom is 0.0239 e. The first-order valence-electron chi connectivity index (χ1n) is 7.75. The van der Waals surface area contributed by atoms with Crippen molar-refractivity contribution in [3.63, 3.8) is 0 Å². The van der Waals surface area contributed by atoms with Crippen molar-refractivity contribution < 1.29 is 0 Å². The molecule has 1 aromatic rings. The molecule has 3 rings (SSSR count). The van der Waals surface area contributed by atoms with Crippen molar-refractivity contribution in [1.82, 2.24) is 10.2 Å². The van der Waals surface area contributed by atoms with Gasteiger partial charge in [0.1, 0.15) is 0 Å². The van der Waals surface area contributed by atoms with E-state index in [4.69, 9.17) is 0 Å². The van der Waals surface area contributed by atoms with Gasteiger partial charge in [0.05, 0.1) is 0 Å². The van der Waals surface area contributed by atoms with Crippen molar-refractivity contribution in [3.05, 3.63) is 34.9 Å². The van der Waals surface area contributed by atoms with Gasteiger partial charge in [-0.25, -0.2) is 0 Å². The van der Waals surface area contributed by atoms with Gasteiger partial charge < -0.3 is 5.32 Å². The molecule has 0 amide bonds. The Labute approximate surface area is 117 Å². The normalized spacial score (nSPS) is 28.1. The third kappa shape index (κ3) is 2.85. The number of rotatable bonds is 2. The summed E-state index contributed by atoms with van der Waals surface area (Å²) in [5, 5.41) is 3.70. The SMILES string of the molecule is Cc1cccc(C)c1CN1CCC2NCCCC2C1. The maximum absolute atomic E-state index is 3.70. The summed E-state index contributed by atoms with van der Waals surface area (Å²) < 4.78 is 0. The average molecular weight is 258 g/mol. The molecule has 2 fully saturated rings. The van der Waals surface area contributed by atoms with E-state index < -0.39 is 0 Å². The molecule has 2 atom stereocenters. The van der Waals surface area contributed by atoms with E-state index in [1.807, 2.05) is 0 Å². The van der Waals surface area contributed by atoms with Crippen LogP contribution in [0.15, 0.2) is 18.2 Å². The van der Waals surface area contributed by atoms with E-state index in [9.17, 15) is 0 Å². The first kappa shape index (κ1) is 13.1. The summed E-state index contributed by atoms with van der Waals surface area (Å²) in [7, 11) is 0. The van der Waals surface area contributed by atoms with Gasteiger partial charge in [-0.1, -0.05) is 18.2 Å². The lowest BCUT2D eigenvalue weighted by Gasteiger charge is -2.42. The summed E-state index contributed by atoms with van der Waals surface area (Å²) in [6.45, 7) is 9.40. The van der Waals surface area contributed by atoms with Gasteiger partial charge >= 0.3 is 0 Å². The Hall–Kier alpha value is -0.860. The average Bonchev–Trinajstić information content (AvgIpc) is 2.43. The van der Waals surface area contributed by atoms with Crippen LogP contribution in [0.1, 0.15) is 36.0 Å². The molecule has 1 aromatic carbocycles. The van der Waals surface area contributed by atoms with Crippen LogP contribution in [0.5, 0.6) is 0 Å². The first-order chi connectivity index (χ1) is 9.24. The number of nitrogens with zero attached hydrogens (tertiary/aromatic N) is 1. The third-order valence-corrected chi connectivity index (χ3v) is 5.00. The predicted molar refractivity (Wildman–Crippen MR) is 80.3 cm³/mol. The molecule has 1 N–H and O–H groups in total. The zero-order chi connectivity index (χ0) is 13.2. The molecule has 0 spiro atoms. The van der Waals surface area contributed by atoms with Gasteiger partial charge in [-0.15, -0.1) is 0 Å². The molecule has 0 bridgehead atoms. The summed E-state index contributed by atoms with van der Waals surface area (Å²) in [5.41, 5.74) is 4.44. The Morgan fingerprint density at radius 2 is 2.00 bits per heavy atom. The van der Waals surface area contributed by atoms with E-state index in [-0.39, 0.29) is 0 Å². The lowest BCUT2D eigenvalue weighted by molar-refractivity contribution is 0.108. The minimum Gasteiger partial charge on any atom is -0.314 e. The summed E-state index contributed by atoms with van der Waals surface area (Å²) in [6, 6.07) is 7.46. The topological polar surface area (TPSA) is 15.3 Å². The Balaban J connectivity index is 1.67. The molecule has 0 radical (unpaired) electrons. The predicted octanol–water partition coefficient (Wildman–Crippen LogP) is 2.88. The van der Waals surface area contributed by atoms with Crippen molar-refractivity contribution in [3.8, 4) is 0 Å². The van der Waals surface area contributed by atoms with Gasteiger partial charge in [0.25, 0.3) is 0 Å². The maximum atomic E-state index is 3.70. The third-order valence-electron chi connectivity index (χ3n) is 5.00. The number of hydrogen-bond acceptors (Lipinski definition) is 2. The van der Waals surface area contributed by atoms with Crippen LogP contribution in [0.2, 0.25) is 0 Å². The molecule has 2 aliphatic rings. The molecule has 2 aliphatic heterocycles. The Morgan fingerprint density at radius 3 is 2.79 bits per heavy atom. The fourth-order valence-corrected chi connectivity index (χ4v) is 3.79. The minimum absolute atomic E-state index is 0.794. The van der Waals surface area contributed by atoms with Crippen LogP contribution < -0.4 is 5.32 Å². The lowest BCUT2D eigenvalue weighted by Crippen LogP contribution is -2.51. The second kappa shape index (κ2) is 5.64. The molecule has 2 heteroatoms. The molecule has 2 heterocycles. The van der Waals surface area contributed by atoms with E-state index in [1.54, 1.807) is 5.56 Å². The Bertz CT molecular complexity index is 421. The highest BCUT2D eigenvalue weighted by Crippen LogP contribution is 2.26. The van der Waals surface area contributed by atoms with Gasteiger partial charge in [0, 0.05) is 19.1 Å². The molecule has 0 saturated carbocycles. The standard InChI is InChI=1S/C17H26N2/c1-13-5-3-6-14(2)16(13)12-19-10-8-17-15(11-19)7-4-9-18-17/h3,5-6,15,17-18H,4,7-12H2,1-2H3. The highest BCUT2D eigenvalue weighted by Gasteiger charge is 2.30. The molecule has 19 heavy (non-hydrogen) atoms. The monoisotopic (exact) mass is 258 g/mol. The molecular weight excluding hydrogens is 232 g/mol. The fourth-order valence-electron chi connectivity index (χ4n) is 3.79. The van der Waals surface area contributed by atoms with Gasteiger partial charge in [-0.2, -0.15) is 0 Å². The quantitative estimate of drug-likeness (QED) is 0.877. The van der Waals surface area contributed by atoms with Gasteiger partial charge in [0.15, 0.2) is 0 Å². The highest BCUT2D eigenvalue weighted by atomic mass is 15.2. The number of benzene rings is 1. The van der Waals surface area contributed by atoms with E-state index in [0.717, 1.165) is 18.5 Å². The molecule has 2 nitrogen and oxygen atoms in total. The lowest BCUT2D eigenvalue weighted by atomic mass is 9.85. The van der Waals surface area contributed by atoms with Crippen LogP contribution >= 0.6 is 0 Å². The van der Waals surface area contributed by atoms with Crippen LogP contribution in [0, 0.1) is 19.8 Å². The zero-order valence-corrected chi connectivity index (χ0v) is 12.3. The van der Waals surface area contributed by atoms with Crippen molar-refractivity contribution in [2.45, 2.75) is 45.7 Å². The minimum atomic E-state index is 0.794. The summed E-state index contributed by atoms with van der Waals surface area (Å²) in [4.78, 5) is 2.67. The number of aryl methyl sites for hydroxylation is 2. The number of hydrogen-bond donors (Lipinski definition) is 1. The van der Waals surface area contributed by atoms with Crippen LogP contribution in [0.25, 0.3) is 0 Å². The zero-order valence-electron chi connectivity index (χ0n) is 12.3. The van der Waals surface area contributed by atoms with Crippen molar-refractivity contribution in [2.24, 2.45) is 5.92 Å². The summed E-state index contributed by atoms with van der Waals surface area (Å²) in [5.74, 6) is 0.881. The molecule has 2 unspecified atom stereocenters. The number of nitrogens with one attached hydrogen (secondary N) is 1. The molecule has 2 saturated heterocycles. The van der Waals surface area contributed by atoms with Crippen LogP contribution in [0.4, 0.5) is 0 Å². The van der Waals surface area contributed by atoms with Gasteiger partial charge in [-0.05, 0) is 68.8 Å². The smallest absolute Gasteiger partial charge is 0.0239 e. The van der Waals surface area contributed by atoms with E-state index in [0.29, 0.717) is 0 Å². The molecule has 0 aliphatic carbocycles. The summed E-state index contributed by atoms with van der Waals surface area (Å²) in [6.07, 6.45) is 4.11. The van der Waals surface area contributed by atoms with E-state index in [1.165, 1.54) is 50.0 Å². The number of piperidine rings is 2. The van der Waals surface area contributed by atoms with E-state index >= 15 is 0 Å². The number of likely N-dealkylation sites (tertiary alicyclic amines) is 1. The largest absolute Gasteiger partial charge is 0.314 e. The fraction of sp³-hybridized carbons (Fsp3) is 0.647. The second-order valence-electron chi connectivity index (χ2n) is 6.36. The molecular formula is C17H26N2.